The van der Waals surface area contributed by atoms with Gasteiger partial charge in [-0.15, -0.1) is 0 Å². The maximum Gasteiger partial charge on any atom is 0.147 e. The summed E-state index contributed by atoms with van der Waals surface area (Å²) in [5, 5.41) is 10.2. The Bertz CT molecular complexity index is 599. The molecule has 1 aliphatic rings. The highest BCUT2D eigenvalue weighted by atomic mass is 35.5. The minimum atomic E-state index is -0.807. The van der Waals surface area contributed by atoms with Gasteiger partial charge in [0.1, 0.15) is 17.5 Å². The minimum Gasteiger partial charge on any atom is -0.393 e. The molecule has 0 aliphatic carbocycles. The van der Waals surface area contributed by atoms with Crippen LogP contribution in [0.15, 0.2) is 48.5 Å². The van der Waals surface area contributed by atoms with E-state index in [0.29, 0.717) is 5.02 Å². The number of hydrogen-bond donors (Lipinski definition) is 1. The molecule has 0 radical (unpaired) electrons. The van der Waals surface area contributed by atoms with Gasteiger partial charge >= 0.3 is 0 Å². The van der Waals surface area contributed by atoms with Crippen LogP contribution in [0.2, 0.25) is 5.02 Å². The van der Waals surface area contributed by atoms with Crippen LogP contribution >= 0.6 is 11.6 Å². The zero-order valence-corrected chi connectivity index (χ0v) is 10.8. The van der Waals surface area contributed by atoms with Gasteiger partial charge in [-0.3, -0.25) is 0 Å². The largest absolute Gasteiger partial charge is 0.393 e. The molecule has 0 bridgehead atoms. The van der Waals surface area contributed by atoms with Crippen molar-refractivity contribution in [1.82, 2.24) is 0 Å². The van der Waals surface area contributed by atoms with Gasteiger partial charge in [0.25, 0.3) is 0 Å². The second kappa shape index (κ2) is 4.60. The van der Waals surface area contributed by atoms with Gasteiger partial charge in [0, 0.05) is 10.6 Å². The maximum atomic E-state index is 13.0. The fourth-order valence-electron chi connectivity index (χ4n) is 2.34. The third-order valence-electron chi connectivity index (χ3n) is 3.45. The lowest BCUT2D eigenvalue weighted by atomic mass is 9.92. The van der Waals surface area contributed by atoms with Crippen molar-refractivity contribution in [3.63, 3.8) is 0 Å². The zero-order chi connectivity index (χ0) is 13.5. The predicted molar refractivity (Wildman–Crippen MR) is 70.4 cm³/mol. The molecule has 3 rings (SSSR count). The van der Waals surface area contributed by atoms with E-state index in [1.165, 1.54) is 12.1 Å². The lowest BCUT2D eigenvalue weighted by molar-refractivity contribution is 0.172. The molecule has 1 saturated heterocycles. The van der Waals surface area contributed by atoms with E-state index in [9.17, 15) is 9.50 Å². The van der Waals surface area contributed by atoms with Crippen LogP contribution in [0.3, 0.4) is 0 Å². The molecule has 2 nitrogen and oxygen atoms in total. The molecule has 4 heteroatoms. The van der Waals surface area contributed by atoms with Crippen LogP contribution in [-0.2, 0) is 10.3 Å². The molecule has 0 saturated carbocycles. The average molecular weight is 279 g/mol. The summed E-state index contributed by atoms with van der Waals surface area (Å²) in [6, 6.07) is 13.3. The molecule has 19 heavy (non-hydrogen) atoms. The van der Waals surface area contributed by atoms with E-state index >= 15 is 0 Å². The van der Waals surface area contributed by atoms with Crippen LogP contribution in [0.4, 0.5) is 4.39 Å². The summed E-state index contributed by atoms with van der Waals surface area (Å²) in [5.74, 6) is -0.313. The Morgan fingerprint density at radius 3 is 2.47 bits per heavy atom. The molecule has 1 aliphatic heterocycles. The second-order valence-electron chi connectivity index (χ2n) is 4.57. The van der Waals surface area contributed by atoms with Gasteiger partial charge in [0.15, 0.2) is 0 Å². The highest BCUT2D eigenvalue weighted by molar-refractivity contribution is 6.31. The molecule has 2 aromatic rings. The first kappa shape index (κ1) is 12.6. The fourth-order valence-corrected chi connectivity index (χ4v) is 2.58. The van der Waals surface area contributed by atoms with E-state index in [2.05, 4.69) is 0 Å². The summed E-state index contributed by atoms with van der Waals surface area (Å²) in [5.41, 5.74) is 0.780. The Hall–Kier alpha value is -1.42. The Balaban J connectivity index is 1.96. The van der Waals surface area contributed by atoms with Crippen molar-refractivity contribution >= 4 is 11.6 Å². The third kappa shape index (κ3) is 2.04. The Labute approximate surface area is 115 Å². The van der Waals surface area contributed by atoms with E-state index in [1.807, 2.05) is 18.2 Å². The monoisotopic (exact) mass is 278 g/mol. The molecular weight excluding hydrogens is 267 g/mol. The highest BCUT2D eigenvalue weighted by Gasteiger charge is 2.58. The van der Waals surface area contributed by atoms with Crippen LogP contribution in [0.5, 0.6) is 0 Å². The first-order valence-electron chi connectivity index (χ1n) is 5.96. The van der Waals surface area contributed by atoms with Gasteiger partial charge in [0.2, 0.25) is 0 Å². The summed E-state index contributed by atoms with van der Waals surface area (Å²) < 4.78 is 18.6. The molecule has 0 aromatic heterocycles. The number of halogens is 2. The number of benzene rings is 2. The van der Waals surface area contributed by atoms with Gasteiger partial charge in [0.05, 0.1) is 6.61 Å². The second-order valence-corrected chi connectivity index (χ2v) is 4.98. The number of ether oxygens (including phenoxy) is 1. The van der Waals surface area contributed by atoms with Crippen molar-refractivity contribution in [3.8, 4) is 0 Å². The van der Waals surface area contributed by atoms with Gasteiger partial charge in [-0.2, -0.15) is 0 Å². The molecule has 98 valence electrons. The Morgan fingerprint density at radius 2 is 1.84 bits per heavy atom. The first-order valence-corrected chi connectivity index (χ1v) is 6.34. The van der Waals surface area contributed by atoms with Crippen molar-refractivity contribution in [2.24, 2.45) is 0 Å². The van der Waals surface area contributed by atoms with E-state index in [-0.39, 0.29) is 18.5 Å². The summed E-state index contributed by atoms with van der Waals surface area (Å²) in [7, 11) is 0. The highest BCUT2D eigenvalue weighted by Crippen LogP contribution is 2.57. The summed E-state index contributed by atoms with van der Waals surface area (Å²) in [6.07, 6.45) is -0.295. The van der Waals surface area contributed by atoms with Crippen molar-refractivity contribution in [2.75, 3.05) is 6.61 Å². The fraction of sp³-hybridized carbons (Fsp3) is 0.200. The average Bonchev–Trinajstić information content (AvgIpc) is 3.16. The van der Waals surface area contributed by atoms with Gasteiger partial charge in [-0.25, -0.2) is 4.39 Å². The first-order chi connectivity index (χ1) is 9.17. The Morgan fingerprint density at radius 1 is 1.16 bits per heavy atom. The molecule has 1 heterocycles. The molecule has 0 amide bonds. The molecule has 1 N–H and O–H groups in total. The van der Waals surface area contributed by atoms with Crippen LogP contribution < -0.4 is 0 Å². The van der Waals surface area contributed by atoms with Gasteiger partial charge in [-0.05, 0) is 23.8 Å². The van der Waals surface area contributed by atoms with E-state index in [1.54, 1.807) is 18.2 Å². The Kier molecular flexibility index (Phi) is 3.05. The summed E-state index contributed by atoms with van der Waals surface area (Å²) in [6.45, 7) is -0.172. The number of rotatable bonds is 3. The van der Waals surface area contributed by atoms with Crippen molar-refractivity contribution < 1.29 is 14.2 Å². The van der Waals surface area contributed by atoms with Crippen LogP contribution in [0.25, 0.3) is 0 Å². The van der Waals surface area contributed by atoms with Gasteiger partial charge < -0.3 is 9.84 Å². The summed E-state index contributed by atoms with van der Waals surface area (Å²) >= 11 is 6.13. The van der Waals surface area contributed by atoms with Gasteiger partial charge in [-0.1, -0.05) is 41.9 Å². The van der Waals surface area contributed by atoms with Crippen LogP contribution in [0.1, 0.15) is 17.2 Å². The molecule has 1 fully saturated rings. The number of epoxide rings is 1. The SMILES string of the molecule is OCC1(c2ccc(F)cc2)OC1c1ccccc1Cl. The van der Waals surface area contributed by atoms with Crippen LogP contribution in [-0.4, -0.2) is 11.7 Å². The van der Waals surface area contributed by atoms with Crippen molar-refractivity contribution in [3.05, 3.63) is 70.5 Å². The van der Waals surface area contributed by atoms with E-state index in [0.717, 1.165) is 11.1 Å². The third-order valence-corrected chi connectivity index (χ3v) is 3.79. The van der Waals surface area contributed by atoms with Crippen LogP contribution in [0, 0.1) is 5.82 Å². The normalized spacial score (nSPS) is 25.3. The number of aliphatic hydroxyl groups excluding tert-OH is 1. The molecule has 2 aromatic carbocycles. The molecule has 2 atom stereocenters. The molecular formula is C15H12ClFO2. The topological polar surface area (TPSA) is 32.8 Å². The standard InChI is InChI=1S/C15H12ClFO2/c16-13-4-2-1-3-12(13)14-15(9-18,19-14)10-5-7-11(17)8-6-10/h1-8,14,18H,9H2. The number of hydrogen-bond acceptors (Lipinski definition) is 2. The van der Waals surface area contributed by atoms with Crippen molar-refractivity contribution in [2.45, 2.75) is 11.7 Å². The van der Waals surface area contributed by atoms with E-state index < -0.39 is 5.60 Å². The quantitative estimate of drug-likeness (QED) is 0.873. The minimum absolute atomic E-state index is 0.172. The smallest absolute Gasteiger partial charge is 0.147 e. The zero-order valence-electron chi connectivity index (χ0n) is 10.0. The molecule has 2 unspecified atom stereocenters. The number of aliphatic hydroxyl groups is 1. The van der Waals surface area contributed by atoms with Crippen molar-refractivity contribution in [1.29, 1.82) is 0 Å². The lowest BCUT2D eigenvalue weighted by Gasteiger charge is -2.10. The summed E-state index contributed by atoms with van der Waals surface area (Å²) in [4.78, 5) is 0. The maximum absolute atomic E-state index is 13.0. The lowest BCUT2D eigenvalue weighted by Crippen LogP contribution is -2.15. The predicted octanol–water partition coefficient (Wildman–Crippen LogP) is 3.44. The molecule has 0 spiro atoms. The van der Waals surface area contributed by atoms with E-state index in [4.69, 9.17) is 16.3 Å².